The first-order valence-electron chi connectivity index (χ1n) is 6.16. The van der Waals surface area contributed by atoms with Crippen molar-refractivity contribution in [3.8, 4) is 5.75 Å². The van der Waals surface area contributed by atoms with Gasteiger partial charge in [-0.25, -0.2) is 0 Å². The molecule has 0 amide bonds. The lowest BCUT2D eigenvalue weighted by Gasteiger charge is -2.39. The third-order valence-corrected chi connectivity index (χ3v) is 3.15. The van der Waals surface area contributed by atoms with E-state index in [1.807, 2.05) is 0 Å². The van der Waals surface area contributed by atoms with Crippen LogP contribution in [0.25, 0.3) is 0 Å². The van der Waals surface area contributed by atoms with Crippen LogP contribution in [0.2, 0.25) is 0 Å². The van der Waals surface area contributed by atoms with Gasteiger partial charge in [0.25, 0.3) is 0 Å². The highest BCUT2D eigenvalue weighted by atomic mass is 16.7. The monoisotopic (exact) mass is 301 g/mol. The van der Waals surface area contributed by atoms with Crippen LogP contribution in [0.4, 0.5) is 5.69 Å². The summed E-state index contributed by atoms with van der Waals surface area (Å²) in [5.74, 6) is -0.160. The van der Waals surface area contributed by atoms with Gasteiger partial charge in [0.2, 0.25) is 6.29 Å². The van der Waals surface area contributed by atoms with Crippen molar-refractivity contribution in [2.75, 3.05) is 6.61 Å². The maximum atomic E-state index is 10.9. The summed E-state index contributed by atoms with van der Waals surface area (Å²) in [5, 5.41) is 49.0. The number of aliphatic hydroxyl groups is 4. The van der Waals surface area contributed by atoms with Crippen LogP contribution in [0.15, 0.2) is 24.3 Å². The predicted molar refractivity (Wildman–Crippen MR) is 67.5 cm³/mol. The summed E-state index contributed by atoms with van der Waals surface area (Å²) in [6.45, 7) is -0.609. The van der Waals surface area contributed by atoms with Gasteiger partial charge in [-0.3, -0.25) is 10.1 Å². The van der Waals surface area contributed by atoms with Crippen LogP contribution in [0.1, 0.15) is 0 Å². The predicted octanol–water partition coefficient (Wildman–Crippen LogP) is -1.23. The summed E-state index contributed by atoms with van der Waals surface area (Å²) in [5.41, 5.74) is -0.338. The summed E-state index contributed by atoms with van der Waals surface area (Å²) >= 11 is 0. The van der Waals surface area contributed by atoms with Crippen LogP contribution in [0, 0.1) is 10.1 Å². The second-order valence-corrected chi connectivity index (χ2v) is 4.54. The normalized spacial score (nSPS) is 32.7. The molecule has 1 aromatic rings. The number of nitro benzene ring substituents is 1. The fraction of sp³-hybridized carbons (Fsp3) is 0.500. The maximum absolute atomic E-state index is 10.9. The minimum absolute atomic E-state index is 0.160. The molecule has 1 fully saturated rings. The van der Waals surface area contributed by atoms with E-state index >= 15 is 0 Å². The standard InChI is InChI=1S/C12H15NO8/c14-5-8-9(15)10(16)11(17)12(21-8)20-7-4-2-1-3-6(7)13(18)19/h1-4,8-12,14-17H,5H2/t8-,9-,10+,11-,12-/m0/s1. The average molecular weight is 301 g/mol. The molecule has 5 atom stereocenters. The molecule has 21 heavy (non-hydrogen) atoms. The zero-order valence-corrected chi connectivity index (χ0v) is 10.8. The van der Waals surface area contributed by atoms with Crippen molar-refractivity contribution < 1.29 is 34.8 Å². The number of nitro groups is 1. The van der Waals surface area contributed by atoms with E-state index in [2.05, 4.69) is 0 Å². The number of ether oxygens (including phenoxy) is 2. The van der Waals surface area contributed by atoms with Crippen molar-refractivity contribution in [1.29, 1.82) is 0 Å². The molecule has 116 valence electrons. The Morgan fingerprint density at radius 1 is 1.19 bits per heavy atom. The average Bonchev–Trinajstić information content (AvgIpc) is 2.48. The Morgan fingerprint density at radius 2 is 1.86 bits per heavy atom. The molecule has 1 aliphatic rings. The number of hydrogen-bond acceptors (Lipinski definition) is 8. The number of nitrogens with zero attached hydrogens (tertiary/aromatic N) is 1. The molecule has 0 spiro atoms. The van der Waals surface area contributed by atoms with E-state index in [9.17, 15) is 25.4 Å². The van der Waals surface area contributed by atoms with Crippen molar-refractivity contribution in [1.82, 2.24) is 0 Å². The van der Waals surface area contributed by atoms with Crippen LogP contribution in [0.5, 0.6) is 5.75 Å². The Labute approximate surface area is 119 Å². The number of rotatable bonds is 4. The minimum Gasteiger partial charge on any atom is -0.455 e. The van der Waals surface area contributed by atoms with E-state index in [0.29, 0.717) is 0 Å². The van der Waals surface area contributed by atoms with Crippen molar-refractivity contribution in [2.45, 2.75) is 30.7 Å². The Balaban J connectivity index is 2.20. The Morgan fingerprint density at radius 3 is 2.48 bits per heavy atom. The van der Waals surface area contributed by atoms with Crippen LogP contribution in [-0.4, -0.2) is 62.7 Å². The van der Waals surface area contributed by atoms with Gasteiger partial charge in [-0.15, -0.1) is 0 Å². The highest BCUT2D eigenvalue weighted by molar-refractivity contribution is 5.45. The van der Waals surface area contributed by atoms with Crippen LogP contribution in [0.3, 0.4) is 0 Å². The second-order valence-electron chi connectivity index (χ2n) is 4.54. The fourth-order valence-corrected chi connectivity index (χ4v) is 2.00. The molecule has 9 nitrogen and oxygen atoms in total. The smallest absolute Gasteiger partial charge is 0.311 e. The van der Waals surface area contributed by atoms with E-state index in [0.717, 1.165) is 0 Å². The molecule has 1 saturated heterocycles. The zero-order chi connectivity index (χ0) is 15.6. The van der Waals surface area contributed by atoms with Crippen molar-refractivity contribution in [2.24, 2.45) is 0 Å². The molecule has 1 heterocycles. The topological polar surface area (TPSA) is 143 Å². The van der Waals surface area contributed by atoms with E-state index in [-0.39, 0.29) is 11.4 Å². The van der Waals surface area contributed by atoms with Gasteiger partial charge in [0.1, 0.15) is 24.4 Å². The number of benzene rings is 1. The van der Waals surface area contributed by atoms with Crippen molar-refractivity contribution in [3.05, 3.63) is 34.4 Å². The second kappa shape index (κ2) is 6.33. The van der Waals surface area contributed by atoms with E-state index in [1.165, 1.54) is 24.3 Å². The van der Waals surface area contributed by atoms with Gasteiger partial charge in [-0.2, -0.15) is 0 Å². The zero-order valence-electron chi connectivity index (χ0n) is 10.8. The molecule has 9 heteroatoms. The molecule has 2 rings (SSSR count). The molecule has 0 aromatic heterocycles. The van der Waals surface area contributed by atoms with E-state index in [4.69, 9.17) is 14.6 Å². The van der Waals surface area contributed by atoms with Gasteiger partial charge < -0.3 is 29.9 Å². The highest BCUT2D eigenvalue weighted by Gasteiger charge is 2.45. The Kier molecular flexibility index (Phi) is 4.70. The van der Waals surface area contributed by atoms with Crippen LogP contribution < -0.4 is 4.74 Å². The first-order chi connectivity index (χ1) is 9.95. The van der Waals surface area contributed by atoms with Gasteiger partial charge >= 0.3 is 5.69 Å². The van der Waals surface area contributed by atoms with Crippen molar-refractivity contribution in [3.63, 3.8) is 0 Å². The number of aliphatic hydroxyl groups excluding tert-OH is 4. The third kappa shape index (κ3) is 3.12. The molecule has 0 unspecified atom stereocenters. The van der Waals surface area contributed by atoms with Crippen LogP contribution >= 0.6 is 0 Å². The Hall–Kier alpha value is -1.78. The third-order valence-electron chi connectivity index (χ3n) is 3.15. The summed E-state index contributed by atoms with van der Waals surface area (Å²) in [6, 6.07) is 5.45. The molecular weight excluding hydrogens is 286 g/mol. The molecule has 0 bridgehead atoms. The van der Waals surface area contributed by atoms with E-state index in [1.54, 1.807) is 0 Å². The lowest BCUT2D eigenvalue weighted by Crippen LogP contribution is -2.60. The Bertz CT molecular complexity index is 508. The minimum atomic E-state index is -1.62. The molecule has 1 aromatic carbocycles. The van der Waals surface area contributed by atoms with Gasteiger partial charge in [0.05, 0.1) is 11.5 Å². The van der Waals surface area contributed by atoms with Gasteiger partial charge in [-0.05, 0) is 6.07 Å². The largest absolute Gasteiger partial charge is 0.455 e. The van der Waals surface area contributed by atoms with Gasteiger partial charge in [0.15, 0.2) is 5.75 Å². The van der Waals surface area contributed by atoms with Crippen molar-refractivity contribution >= 4 is 5.69 Å². The lowest BCUT2D eigenvalue weighted by atomic mass is 9.99. The lowest BCUT2D eigenvalue weighted by molar-refractivity contribution is -0.387. The summed E-state index contributed by atoms with van der Waals surface area (Å²) in [6.07, 6.45) is -7.35. The van der Waals surface area contributed by atoms with Gasteiger partial charge in [0, 0.05) is 6.07 Å². The quantitative estimate of drug-likeness (QED) is 0.400. The number of para-hydroxylation sites is 2. The van der Waals surface area contributed by atoms with Gasteiger partial charge in [-0.1, -0.05) is 12.1 Å². The molecule has 0 saturated carbocycles. The molecule has 4 N–H and O–H groups in total. The first kappa shape index (κ1) is 15.6. The summed E-state index contributed by atoms with van der Waals surface area (Å²) in [4.78, 5) is 10.2. The van der Waals surface area contributed by atoms with E-state index < -0.39 is 42.2 Å². The number of hydrogen-bond donors (Lipinski definition) is 4. The maximum Gasteiger partial charge on any atom is 0.311 e. The molecule has 0 radical (unpaired) electrons. The molecule has 0 aliphatic carbocycles. The highest BCUT2D eigenvalue weighted by Crippen LogP contribution is 2.30. The summed E-state index contributed by atoms with van der Waals surface area (Å²) in [7, 11) is 0. The van der Waals surface area contributed by atoms with Crippen LogP contribution in [-0.2, 0) is 4.74 Å². The summed E-state index contributed by atoms with van der Waals surface area (Å²) < 4.78 is 10.3. The molecule has 1 aliphatic heterocycles. The first-order valence-corrected chi connectivity index (χ1v) is 6.16. The fourth-order valence-electron chi connectivity index (χ4n) is 2.00. The molecular formula is C12H15NO8. The SMILES string of the molecule is O=[N+]([O-])c1ccccc1O[C@H]1O[C@@H](CO)[C@H](O)[C@@H](O)[C@@H]1O.